The van der Waals surface area contributed by atoms with E-state index in [1.54, 1.807) is 0 Å². The molecule has 2 rings (SSSR count). The van der Waals surface area contributed by atoms with Crippen LogP contribution in [0.25, 0.3) is 0 Å². The van der Waals surface area contributed by atoms with Gasteiger partial charge in [-0.15, -0.1) is 0 Å². The summed E-state index contributed by atoms with van der Waals surface area (Å²) in [5.74, 6) is 0.121. The second-order valence-corrected chi connectivity index (χ2v) is 4.92. The lowest BCUT2D eigenvalue weighted by Crippen LogP contribution is -2.43. The maximum Gasteiger partial charge on any atom is 0.123 e. The third kappa shape index (κ3) is 3.07. The van der Waals surface area contributed by atoms with Crippen LogP contribution < -0.4 is 5.32 Å². The van der Waals surface area contributed by atoms with E-state index in [0.29, 0.717) is 5.92 Å². The Balaban J connectivity index is 2.05. The van der Waals surface area contributed by atoms with Crippen LogP contribution in [0.2, 0.25) is 0 Å². The van der Waals surface area contributed by atoms with E-state index in [9.17, 15) is 4.39 Å². The zero-order chi connectivity index (χ0) is 13.0. The number of halogens is 1. The minimum Gasteiger partial charge on any atom is -0.395 e. The molecule has 0 aliphatic heterocycles. The number of nitrogens with one attached hydrogen (secondary N) is 1. The molecule has 0 radical (unpaired) electrons. The van der Waals surface area contributed by atoms with Gasteiger partial charge in [-0.3, -0.25) is 0 Å². The van der Waals surface area contributed by atoms with E-state index < -0.39 is 0 Å². The van der Waals surface area contributed by atoms with Gasteiger partial charge in [0, 0.05) is 6.04 Å². The minimum absolute atomic E-state index is 0.0663. The van der Waals surface area contributed by atoms with E-state index in [1.807, 2.05) is 12.1 Å². The Morgan fingerprint density at radius 3 is 2.44 bits per heavy atom. The van der Waals surface area contributed by atoms with Crippen LogP contribution in [-0.4, -0.2) is 35.5 Å². The molecule has 3 N–H and O–H groups in total. The summed E-state index contributed by atoms with van der Waals surface area (Å²) in [6.45, 7) is -0.133. The first kappa shape index (κ1) is 13.5. The summed E-state index contributed by atoms with van der Waals surface area (Å²) in [6.07, 6.45) is 3.20. The van der Waals surface area contributed by atoms with Crippen molar-refractivity contribution in [1.29, 1.82) is 0 Å². The van der Waals surface area contributed by atoms with Gasteiger partial charge in [0.1, 0.15) is 5.82 Å². The molecule has 1 aromatic carbocycles. The molecule has 2 unspecified atom stereocenters. The summed E-state index contributed by atoms with van der Waals surface area (Å²) < 4.78 is 12.9. The fourth-order valence-corrected chi connectivity index (χ4v) is 2.73. The quantitative estimate of drug-likeness (QED) is 0.743. The standard InChI is InChI=1S/C14H20FNO2/c15-11-6-4-10(5-7-11)13-2-1-3-14(13)16-12(8-17)9-18/h4-7,12-14,16-18H,1-3,8-9H2. The van der Waals surface area contributed by atoms with Crippen LogP contribution in [0.4, 0.5) is 4.39 Å². The highest BCUT2D eigenvalue weighted by Crippen LogP contribution is 2.34. The number of aliphatic hydroxyl groups is 2. The molecule has 100 valence electrons. The molecule has 3 nitrogen and oxygen atoms in total. The predicted molar refractivity (Wildman–Crippen MR) is 67.9 cm³/mol. The third-order valence-electron chi connectivity index (χ3n) is 3.70. The average Bonchev–Trinajstić information content (AvgIpc) is 2.85. The number of rotatable bonds is 5. The lowest BCUT2D eigenvalue weighted by Gasteiger charge is -2.25. The van der Waals surface area contributed by atoms with Crippen molar-refractivity contribution in [3.8, 4) is 0 Å². The van der Waals surface area contributed by atoms with Gasteiger partial charge in [0.2, 0.25) is 0 Å². The topological polar surface area (TPSA) is 52.5 Å². The van der Waals surface area contributed by atoms with Crippen LogP contribution in [0.1, 0.15) is 30.7 Å². The molecule has 1 aromatic rings. The van der Waals surface area contributed by atoms with Gasteiger partial charge in [-0.05, 0) is 36.5 Å². The van der Waals surface area contributed by atoms with Crippen LogP contribution in [0.3, 0.4) is 0 Å². The molecule has 0 spiro atoms. The van der Waals surface area contributed by atoms with Crippen molar-refractivity contribution in [2.45, 2.75) is 37.3 Å². The third-order valence-corrected chi connectivity index (χ3v) is 3.70. The van der Waals surface area contributed by atoms with Crippen molar-refractivity contribution in [2.24, 2.45) is 0 Å². The Kier molecular flexibility index (Phi) is 4.69. The lowest BCUT2D eigenvalue weighted by atomic mass is 9.93. The van der Waals surface area contributed by atoms with Gasteiger partial charge in [-0.2, -0.15) is 0 Å². The minimum atomic E-state index is -0.268. The van der Waals surface area contributed by atoms with Gasteiger partial charge in [0.05, 0.1) is 19.3 Å². The number of benzene rings is 1. The van der Waals surface area contributed by atoms with Crippen LogP contribution in [0.5, 0.6) is 0 Å². The maximum atomic E-state index is 12.9. The Bertz CT molecular complexity index is 365. The SMILES string of the molecule is OCC(CO)NC1CCCC1c1ccc(F)cc1. The zero-order valence-corrected chi connectivity index (χ0v) is 10.3. The highest BCUT2D eigenvalue weighted by molar-refractivity contribution is 5.23. The van der Waals surface area contributed by atoms with Crippen molar-refractivity contribution < 1.29 is 14.6 Å². The molecule has 0 heterocycles. The van der Waals surface area contributed by atoms with Gasteiger partial charge in [0.15, 0.2) is 0 Å². The van der Waals surface area contributed by atoms with Gasteiger partial charge >= 0.3 is 0 Å². The lowest BCUT2D eigenvalue weighted by molar-refractivity contribution is 0.160. The van der Waals surface area contributed by atoms with Crippen LogP contribution in [0.15, 0.2) is 24.3 Å². The smallest absolute Gasteiger partial charge is 0.123 e. The molecule has 1 aliphatic rings. The molecule has 0 bridgehead atoms. The molecule has 0 saturated heterocycles. The highest BCUT2D eigenvalue weighted by atomic mass is 19.1. The van der Waals surface area contributed by atoms with E-state index in [0.717, 1.165) is 24.8 Å². The van der Waals surface area contributed by atoms with Crippen molar-refractivity contribution >= 4 is 0 Å². The molecular weight excluding hydrogens is 233 g/mol. The summed E-state index contributed by atoms with van der Waals surface area (Å²) in [5.41, 5.74) is 1.13. The number of hydrogen-bond donors (Lipinski definition) is 3. The van der Waals surface area contributed by atoms with Crippen LogP contribution in [0, 0.1) is 5.82 Å². The van der Waals surface area contributed by atoms with Gasteiger partial charge in [0.25, 0.3) is 0 Å². The predicted octanol–water partition coefficient (Wildman–Crippen LogP) is 1.40. The van der Waals surface area contributed by atoms with E-state index in [-0.39, 0.29) is 31.1 Å². The van der Waals surface area contributed by atoms with E-state index in [4.69, 9.17) is 10.2 Å². The first-order chi connectivity index (χ1) is 8.74. The molecular formula is C14H20FNO2. The number of aliphatic hydroxyl groups excluding tert-OH is 2. The molecule has 1 aliphatic carbocycles. The Hall–Kier alpha value is -0.970. The average molecular weight is 253 g/mol. The molecule has 0 aromatic heterocycles. The summed E-state index contributed by atoms with van der Waals surface area (Å²) in [4.78, 5) is 0. The van der Waals surface area contributed by atoms with Gasteiger partial charge < -0.3 is 15.5 Å². The molecule has 1 fully saturated rings. The summed E-state index contributed by atoms with van der Waals surface area (Å²) in [5, 5.41) is 21.5. The molecule has 18 heavy (non-hydrogen) atoms. The maximum absolute atomic E-state index is 12.9. The normalized spacial score (nSPS) is 23.8. The summed E-state index contributed by atoms with van der Waals surface area (Å²) in [7, 11) is 0. The zero-order valence-electron chi connectivity index (χ0n) is 10.3. The van der Waals surface area contributed by atoms with Gasteiger partial charge in [-0.1, -0.05) is 18.6 Å². The Labute approximate surface area is 107 Å². The fourth-order valence-electron chi connectivity index (χ4n) is 2.73. The van der Waals surface area contributed by atoms with E-state index >= 15 is 0 Å². The van der Waals surface area contributed by atoms with Crippen molar-refractivity contribution in [1.82, 2.24) is 5.32 Å². The van der Waals surface area contributed by atoms with E-state index in [2.05, 4.69) is 5.32 Å². The second kappa shape index (κ2) is 6.27. The molecule has 2 atom stereocenters. The molecule has 1 saturated carbocycles. The largest absolute Gasteiger partial charge is 0.395 e. The Morgan fingerprint density at radius 1 is 1.17 bits per heavy atom. The number of hydrogen-bond acceptors (Lipinski definition) is 3. The second-order valence-electron chi connectivity index (χ2n) is 4.92. The van der Waals surface area contributed by atoms with Crippen molar-refractivity contribution in [2.75, 3.05) is 13.2 Å². The van der Waals surface area contributed by atoms with Gasteiger partial charge in [-0.25, -0.2) is 4.39 Å². The monoisotopic (exact) mass is 253 g/mol. The molecule has 0 amide bonds. The van der Waals surface area contributed by atoms with Crippen LogP contribution in [-0.2, 0) is 0 Å². The van der Waals surface area contributed by atoms with Crippen molar-refractivity contribution in [3.05, 3.63) is 35.6 Å². The fraction of sp³-hybridized carbons (Fsp3) is 0.571. The first-order valence-corrected chi connectivity index (χ1v) is 6.48. The summed E-state index contributed by atoms with van der Waals surface area (Å²) in [6, 6.07) is 6.61. The first-order valence-electron chi connectivity index (χ1n) is 6.48. The molecule has 4 heteroatoms. The van der Waals surface area contributed by atoms with E-state index in [1.165, 1.54) is 12.1 Å². The highest BCUT2D eigenvalue weighted by Gasteiger charge is 2.29. The van der Waals surface area contributed by atoms with Crippen LogP contribution >= 0.6 is 0 Å². The van der Waals surface area contributed by atoms with Crippen molar-refractivity contribution in [3.63, 3.8) is 0 Å². The summed E-state index contributed by atoms with van der Waals surface area (Å²) >= 11 is 0. The Morgan fingerprint density at radius 2 is 1.83 bits per heavy atom.